The summed E-state index contributed by atoms with van der Waals surface area (Å²) >= 11 is 12.8. The Balaban J connectivity index is 1.64. The Morgan fingerprint density at radius 1 is 1.03 bits per heavy atom. The minimum atomic E-state index is -0.382. The van der Waals surface area contributed by atoms with Gasteiger partial charge in [-0.15, -0.1) is 0 Å². The predicted octanol–water partition coefficient (Wildman–Crippen LogP) is 6.88. The van der Waals surface area contributed by atoms with Crippen LogP contribution in [0, 0.1) is 12.7 Å². The van der Waals surface area contributed by atoms with Gasteiger partial charge in [-0.25, -0.2) is 4.39 Å². The fraction of sp³-hybridized carbons (Fsp3) is 0.154. The molecule has 1 atom stereocenters. The molecule has 1 amide bonds. The fourth-order valence-corrected chi connectivity index (χ4v) is 5.03. The molecule has 3 aromatic carbocycles. The summed E-state index contributed by atoms with van der Waals surface area (Å²) in [7, 11) is 0. The topological polar surface area (TPSA) is 46.3 Å². The summed E-state index contributed by atoms with van der Waals surface area (Å²) in [6.45, 7) is 2.18. The highest BCUT2D eigenvalue weighted by Crippen LogP contribution is 2.40. The van der Waals surface area contributed by atoms with Crippen LogP contribution in [0.2, 0.25) is 10.0 Å². The van der Waals surface area contributed by atoms with E-state index < -0.39 is 0 Å². The van der Waals surface area contributed by atoms with Gasteiger partial charge in [-0.2, -0.15) is 0 Å². The van der Waals surface area contributed by atoms with Gasteiger partial charge in [-0.05, 0) is 54.3 Å². The van der Waals surface area contributed by atoms with Crippen LogP contribution in [-0.4, -0.2) is 22.5 Å². The molecule has 0 unspecified atom stereocenters. The summed E-state index contributed by atoms with van der Waals surface area (Å²) in [5, 5.41) is 4.89. The lowest BCUT2D eigenvalue weighted by molar-refractivity contribution is 0.0693. The molecule has 166 valence electrons. The van der Waals surface area contributed by atoms with Crippen molar-refractivity contribution in [2.75, 3.05) is 6.54 Å². The molecule has 1 aliphatic heterocycles. The second kappa shape index (κ2) is 8.65. The molecule has 0 N–H and O–H groups in total. The van der Waals surface area contributed by atoms with Gasteiger partial charge in [-0.1, -0.05) is 70.8 Å². The van der Waals surface area contributed by atoms with E-state index in [9.17, 15) is 9.18 Å². The van der Waals surface area contributed by atoms with E-state index in [4.69, 9.17) is 27.7 Å². The molecule has 33 heavy (non-hydrogen) atoms. The molecule has 0 radical (unpaired) electrons. The molecule has 0 saturated carbocycles. The summed E-state index contributed by atoms with van der Waals surface area (Å²) < 4.78 is 19.1. The number of hydrogen-bond donors (Lipinski definition) is 0. The average Bonchev–Trinajstić information content (AvgIpc) is 3.19. The van der Waals surface area contributed by atoms with Gasteiger partial charge >= 0.3 is 0 Å². The quantitative estimate of drug-likeness (QED) is 0.320. The molecule has 7 heteroatoms. The number of fused-ring (bicyclic) bond motifs is 1. The normalized spacial score (nSPS) is 15.4. The zero-order valence-corrected chi connectivity index (χ0v) is 19.2. The molecule has 0 saturated heterocycles. The Hall–Kier alpha value is -3.15. The molecule has 2 heterocycles. The summed E-state index contributed by atoms with van der Waals surface area (Å²) in [5.41, 5.74) is 4.07. The lowest BCUT2D eigenvalue weighted by Gasteiger charge is -2.38. The number of aromatic nitrogens is 1. The molecule has 0 fully saturated rings. The van der Waals surface area contributed by atoms with E-state index in [0.29, 0.717) is 45.6 Å². The maximum atomic E-state index is 14.0. The second-order valence-electron chi connectivity index (χ2n) is 7.96. The van der Waals surface area contributed by atoms with Crippen LogP contribution >= 0.6 is 23.2 Å². The molecule has 0 bridgehead atoms. The first-order valence-corrected chi connectivity index (χ1v) is 11.3. The van der Waals surface area contributed by atoms with Gasteiger partial charge in [0.2, 0.25) is 0 Å². The molecule has 5 rings (SSSR count). The van der Waals surface area contributed by atoms with E-state index in [1.54, 1.807) is 42.2 Å². The molecular formula is C26H19Cl2FN2O2. The van der Waals surface area contributed by atoms with Gasteiger partial charge in [0.05, 0.1) is 16.1 Å². The van der Waals surface area contributed by atoms with Crippen LogP contribution in [0.25, 0.3) is 11.3 Å². The van der Waals surface area contributed by atoms with E-state index >= 15 is 0 Å². The van der Waals surface area contributed by atoms with Crippen molar-refractivity contribution in [2.45, 2.75) is 19.4 Å². The van der Waals surface area contributed by atoms with Gasteiger partial charge in [0.1, 0.15) is 22.8 Å². The molecule has 4 aromatic rings. The van der Waals surface area contributed by atoms with Gasteiger partial charge in [0.25, 0.3) is 5.91 Å². The van der Waals surface area contributed by atoms with E-state index in [-0.39, 0.29) is 17.8 Å². The lowest BCUT2D eigenvalue weighted by atomic mass is 9.87. The van der Waals surface area contributed by atoms with E-state index in [2.05, 4.69) is 11.2 Å². The third kappa shape index (κ3) is 3.81. The highest BCUT2D eigenvalue weighted by molar-refractivity contribution is 6.39. The highest BCUT2D eigenvalue weighted by Gasteiger charge is 2.36. The number of carbonyl (C=O) groups is 1. The van der Waals surface area contributed by atoms with Crippen molar-refractivity contribution in [1.82, 2.24) is 10.1 Å². The van der Waals surface area contributed by atoms with Crippen LogP contribution in [0.15, 0.2) is 71.3 Å². The minimum Gasteiger partial charge on any atom is -0.360 e. The fourth-order valence-electron chi connectivity index (χ4n) is 4.45. The van der Waals surface area contributed by atoms with Gasteiger partial charge in [0, 0.05) is 12.1 Å². The summed E-state index contributed by atoms with van der Waals surface area (Å²) in [4.78, 5) is 15.8. The zero-order valence-electron chi connectivity index (χ0n) is 17.7. The monoisotopic (exact) mass is 480 g/mol. The van der Waals surface area contributed by atoms with E-state index in [0.717, 1.165) is 16.7 Å². The van der Waals surface area contributed by atoms with Crippen molar-refractivity contribution in [2.24, 2.45) is 0 Å². The Kier molecular flexibility index (Phi) is 5.69. The highest BCUT2D eigenvalue weighted by atomic mass is 35.5. The summed E-state index contributed by atoms with van der Waals surface area (Å²) in [6.07, 6.45) is 0.701. The largest absolute Gasteiger partial charge is 0.360 e. The molecular weight excluding hydrogens is 462 g/mol. The van der Waals surface area contributed by atoms with Crippen molar-refractivity contribution < 1.29 is 13.7 Å². The Morgan fingerprint density at radius 3 is 2.45 bits per heavy atom. The first kappa shape index (κ1) is 21.7. The number of hydrogen-bond acceptors (Lipinski definition) is 3. The molecule has 1 aromatic heterocycles. The smallest absolute Gasteiger partial charge is 0.260 e. The molecule has 0 spiro atoms. The standard InChI is InChI=1S/C26H19Cl2FN2O2/c1-15-22(24(30-33-15)23-20(27)7-4-8-21(23)28)26(32)31-14-13-16-5-2-3-6-19(16)25(31)17-9-11-18(29)12-10-17/h2-12,25H,13-14H2,1H3/t25-/m0/s1. The van der Waals surface area contributed by atoms with Crippen LogP contribution in [0.1, 0.15) is 38.9 Å². The van der Waals surface area contributed by atoms with Gasteiger partial charge in [-0.3, -0.25) is 4.79 Å². The Morgan fingerprint density at radius 2 is 1.73 bits per heavy atom. The van der Waals surface area contributed by atoms with Crippen molar-refractivity contribution in [3.8, 4) is 11.3 Å². The Bertz CT molecular complexity index is 1330. The maximum absolute atomic E-state index is 14.0. The molecule has 0 aliphatic carbocycles. The van der Waals surface area contributed by atoms with Crippen LogP contribution in [0.3, 0.4) is 0 Å². The third-order valence-corrected chi connectivity index (χ3v) is 6.64. The SMILES string of the molecule is Cc1onc(-c2c(Cl)cccc2Cl)c1C(=O)N1CCc2ccccc2[C@@H]1c1ccc(F)cc1. The van der Waals surface area contributed by atoms with Gasteiger partial charge in [0.15, 0.2) is 0 Å². The van der Waals surface area contributed by atoms with Crippen molar-refractivity contribution >= 4 is 29.1 Å². The van der Waals surface area contributed by atoms with Crippen LogP contribution < -0.4 is 0 Å². The molecule has 1 aliphatic rings. The van der Waals surface area contributed by atoms with E-state index in [1.807, 2.05) is 18.2 Å². The Labute approximate surface area is 200 Å². The summed E-state index contributed by atoms with van der Waals surface area (Å²) in [5.74, 6) is -0.197. The minimum absolute atomic E-state index is 0.247. The lowest BCUT2D eigenvalue weighted by Crippen LogP contribution is -2.41. The predicted molar refractivity (Wildman–Crippen MR) is 126 cm³/mol. The first-order valence-electron chi connectivity index (χ1n) is 10.5. The third-order valence-electron chi connectivity index (χ3n) is 6.01. The van der Waals surface area contributed by atoms with Gasteiger partial charge < -0.3 is 9.42 Å². The molecule has 4 nitrogen and oxygen atoms in total. The number of amides is 1. The van der Waals surface area contributed by atoms with Crippen LogP contribution in [0.5, 0.6) is 0 Å². The summed E-state index contributed by atoms with van der Waals surface area (Å²) in [6, 6.07) is 19.0. The van der Waals surface area contributed by atoms with E-state index in [1.165, 1.54) is 12.1 Å². The number of nitrogens with zero attached hydrogens (tertiary/aromatic N) is 2. The van der Waals surface area contributed by atoms with Crippen molar-refractivity contribution in [1.29, 1.82) is 0 Å². The number of carbonyl (C=O) groups excluding carboxylic acids is 1. The maximum Gasteiger partial charge on any atom is 0.260 e. The zero-order chi connectivity index (χ0) is 23.1. The first-order chi connectivity index (χ1) is 16.0. The second-order valence-corrected chi connectivity index (χ2v) is 8.77. The van der Waals surface area contributed by atoms with Crippen LogP contribution in [-0.2, 0) is 6.42 Å². The number of benzene rings is 3. The van der Waals surface area contributed by atoms with Crippen LogP contribution in [0.4, 0.5) is 4.39 Å². The number of aryl methyl sites for hydroxylation is 1. The van der Waals surface area contributed by atoms with Crippen molar-refractivity contribution in [3.63, 3.8) is 0 Å². The van der Waals surface area contributed by atoms with Crippen molar-refractivity contribution in [3.05, 3.63) is 111 Å². The number of rotatable bonds is 3. The average molecular weight is 481 g/mol. The number of halogens is 3.